The van der Waals surface area contributed by atoms with Gasteiger partial charge in [-0.15, -0.1) is 0 Å². The summed E-state index contributed by atoms with van der Waals surface area (Å²) in [6, 6.07) is 3.59. The molecule has 0 unspecified atom stereocenters. The topological polar surface area (TPSA) is 85.1 Å². The zero-order valence-electron chi connectivity index (χ0n) is 13.7. The Hall–Kier alpha value is -2.57. The van der Waals surface area contributed by atoms with E-state index in [2.05, 4.69) is 26.1 Å². The summed E-state index contributed by atoms with van der Waals surface area (Å²) in [5.74, 6) is 1.41. The van der Waals surface area contributed by atoms with Gasteiger partial charge in [-0.25, -0.2) is 0 Å². The molecule has 2 aromatic heterocycles. The number of amides is 1. The predicted molar refractivity (Wildman–Crippen MR) is 90.5 cm³/mol. The molecule has 0 aromatic carbocycles. The maximum Gasteiger partial charge on any atom is 0.259 e. The van der Waals surface area contributed by atoms with Crippen LogP contribution in [0.1, 0.15) is 40.5 Å². The van der Waals surface area contributed by atoms with Crippen molar-refractivity contribution in [2.45, 2.75) is 25.7 Å². The van der Waals surface area contributed by atoms with Crippen molar-refractivity contribution in [3.05, 3.63) is 45.5 Å². The number of rotatable bonds is 3. The number of aromatic amines is 2. The average Bonchev–Trinajstić information content (AvgIpc) is 3.32. The molecule has 24 heavy (non-hydrogen) atoms. The first-order chi connectivity index (χ1) is 11.6. The van der Waals surface area contributed by atoms with Gasteiger partial charge in [0.1, 0.15) is 5.56 Å². The van der Waals surface area contributed by atoms with Gasteiger partial charge in [0.25, 0.3) is 5.91 Å². The summed E-state index contributed by atoms with van der Waals surface area (Å²) >= 11 is 0. The molecule has 4 rings (SSSR count). The van der Waals surface area contributed by atoms with Gasteiger partial charge in [0.2, 0.25) is 0 Å². The molecule has 1 amide bonds. The number of pyridine rings is 1. The van der Waals surface area contributed by atoms with Crippen LogP contribution in [-0.2, 0) is 0 Å². The Labute approximate surface area is 139 Å². The Kier molecular flexibility index (Phi) is 3.63. The van der Waals surface area contributed by atoms with E-state index in [-0.39, 0.29) is 16.9 Å². The minimum atomic E-state index is -0.222. The summed E-state index contributed by atoms with van der Waals surface area (Å²) in [4.78, 5) is 31.4. The van der Waals surface area contributed by atoms with Crippen LogP contribution in [0.15, 0.2) is 23.1 Å². The van der Waals surface area contributed by atoms with Crippen LogP contribution < -0.4 is 10.3 Å². The number of carbonyl (C=O) groups is 1. The molecule has 7 nitrogen and oxygen atoms in total. The number of aryl methyl sites for hydroxylation is 1. The van der Waals surface area contributed by atoms with Crippen LogP contribution in [0.25, 0.3) is 0 Å². The molecule has 2 fully saturated rings. The molecule has 2 aromatic rings. The average molecular weight is 327 g/mol. The summed E-state index contributed by atoms with van der Waals surface area (Å²) in [6.45, 7) is 4.44. The minimum Gasteiger partial charge on any atom is -0.364 e. The van der Waals surface area contributed by atoms with Gasteiger partial charge in [0.15, 0.2) is 11.2 Å². The molecule has 3 heterocycles. The summed E-state index contributed by atoms with van der Waals surface area (Å²) in [5.41, 5.74) is 1.96. The second kappa shape index (κ2) is 5.81. The predicted octanol–water partition coefficient (Wildman–Crippen LogP) is 1.25. The fourth-order valence-corrected chi connectivity index (χ4v) is 3.14. The highest BCUT2D eigenvalue weighted by Gasteiger charge is 2.28. The lowest BCUT2D eigenvalue weighted by Crippen LogP contribution is -2.49. The lowest BCUT2D eigenvalue weighted by molar-refractivity contribution is 0.0745. The molecule has 2 N–H and O–H groups in total. The van der Waals surface area contributed by atoms with E-state index in [1.807, 2.05) is 0 Å². The van der Waals surface area contributed by atoms with E-state index in [0.717, 1.165) is 24.6 Å². The Morgan fingerprint density at radius 3 is 2.62 bits per heavy atom. The quantitative estimate of drug-likeness (QED) is 0.888. The number of nitrogens with one attached hydrogen (secondary N) is 2. The van der Waals surface area contributed by atoms with Gasteiger partial charge in [-0.2, -0.15) is 5.10 Å². The standard InChI is InChI=1S/C17H21N5O2/c1-11-8-15(23)13(10-18-11)17(24)22-6-4-21(5-7-22)16-9-14(19-20-16)12-2-3-12/h8-10,12H,2-7H2,1H3,(H,18,23)(H,19,20). The molecule has 1 aliphatic heterocycles. The molecule has 0 radical (unpaired) electrons. The van der Waals surface area contributed by atoms with Crippen LogP contribution in [0.3, 0.4) is 0 Å². The molecule has 1 aliphatic carbocycles. The lowest BCUT2D eigenvalue weighted by atomic mass is 10.2. The molecule has 126 valence electrons. The van der Waals surface area contributed by atoms with E-state index in [1.165, 1.54) is 30.8 Å². The number of carbonyl (C=O) groups excluding carboxylic acids is 1. The first-order valence-electron chi connectivity index (χ1n) is 8.40. The third kappa shape index (κ3) is 2.81. The van der Waals surface area contributed by atoms with Crippen molar-refractivity contribution in [1.82, 2.24) is 20.1 Å². The summed E-state index contributed by atoms with van der Waals surface area (Å²) in [5, 5.41) is 7.52. The molecule has 0 atom stereocenters. The molecular formula is C17H21N5O2. The maximum absolute atomic E-state index is 12.5. The van der Waals surface area contributed by atoms with Gasteiger partial charge in [-0.05, 0) is 19.8 Å². The van der Waals surface area contributed by atoms with E-state index >= 15 is 0 Å². The fraction of sp³-hybridized carbons (Fsp3) is 0.471. The molecule has 7 heteroatoms. The first kappa shape index (κ1) is 15.0. The second-order valence-electron chi connectivity index (χ2n) is 6.63. The SMILES string of the molecule is Cc1cc(=O)c(C(=O)N2CCN(c3cc(C4CC4)[nH]n3)CC2)c[nH]1. The highest BCUT2D eigenvalue weighted by molar-refractivity contribution is 5.94. The van der Waals surface area contributed by atoms with Crippen molar-refractivity contribution in [1.29, 1.82) is 0 Å². The Balaban J connectivity index is 1.41. The molecule has 1 saturated heterocycles. The number of anilines is 1. The Morgan fingerprint density at radius 1 is 1.21 bits per heavy atom. The first-order valence-corrected chi connectivity index (χ1v) is 8.40. The summed E-state index contributed by atoms with van der Waals surface area (Å²) in [7, 11) is 0. The Morgan fingerprint density at radius 2 is 1.96 bits per heavy atom. The van der Waals surface area contributed by atoms with Crippen molar-refractivity contribution in [3.8, 4) is 0 Å². The van der Waals surface area contributed by atoms with E-state index in [1.54, 1.807) is 11.8 Å². The van der Waals surface area contributed by atoms with Crippen molar-refractivity contribution < 1.29 is 4.79 Å². The van der Waals surface area contributed by atoms with Gasteiger partial charge < -0.3 is 14.8 Å². The third-order valence-corrected chi connectivity index (χ3v) is 4.78. The third-order valence-electron chi connectivity index (χ3n) is 4.78. The maximum atomic E-state index is 12.5. The van der Waals surface area contributed by atoms with Crippen LogP contribution in [0, 0.1) is 6.92 Å². The molecule has 0 spiro atoms. The second-order valence-corrected chi connectivity index (χ2v) is 6.63. The zero-order chi connectivity index (χ0) is 16.7. The van der Waals surface area contributed by atoms with E-state index in [4.69, 9.17) is 0 Å². The van der Waals surface area contributed by atoms with Crippen molar-refractivity contribution in [2.75, 3.05) is 31.1 Å². The fourth-order valence-electron chi connectivity index (χ4n) is 3.14. The van der Waals surface area contributed by atoms with Gasteiger partial charge in [0, 0.05) is 61.8 Å². The van der Waals surface area contributed by atoms with Crippen molar-refractivity contribution >= 4 is 11.7 Å². The van der Waals surface area contributed by atoms with Gasteiger partial charge in [-0.1, -0.05) is 0 Å². The number of hydrogen-bond donors (Lipinski definition) is 2. The van der Waals surface area contributed by atoms with Crippen LogP contribution >= 0.6 is 0 Å². The number of H-pyrrole nitrogens is 2. The van der Waals surface area contributed by atoms with Crippen LogP contribution in [0.2, 0.25) is 0 Å². The molecule has 0 bridgehead atoms. The number of hydrogen-bond acceptors (Lipinski definition) is 4. The summed E-state index contributed by atoms with van der Waals surface area (Å²) < 4.78 is 0. The molecule has 2 aliphatic rings. The van der Waals surface area contributed by atoms with Crippen LogP contribution in [0.4, 0.5) is 5.82 Å². The molecule has 1 saturated carbocycles. The van der Waals surface area contributed by atoms with E-state index in [9.17, 15) is 9.59 Å². The van der Waals surface area contributed by atoms with E-state index < -0.39 is 0 Å². The lowest BCUT2D eigenvalue weighted by Gasteiger charge is -2.34. The normalized spacial score (nSPS) is 18.0. The summed E-state index contributed by atoms with van der Waals surface area (Å²) in [6.07, 6.45) is 4.01. The largest absolute Gasteiger partial charge is 0.364 e. The van der Waals surface area contributed by atoms with Gasteiger partial charge in [-0.3, -0.25) is 14.7 Å². The minimum absolute atomic E-state index is 0.198. The highest BCUT2D eigenvalue weighted by atomic mass is 16.2. The van der Waals surface area contributed by atoms with Crippen LogP contribution in [0.5, 0.6) is 0 Å². The van der Waals surface area contributed by atoms with Gasteiger partial charge >= 0.3 is 0 Å². The number of aromatic nitrogens is 3. The number of piperazine rings is 1. The van der Waals surface area contributed by atoms with Crippen molar-refractivity contribution in [3.63, 3.8) is 0 Å². The van der Waals surface area contributed by atoms with E-state index in [0.29, 0.717) is 19.0 Å². The van der Waals surface area contributed by atoms with Gasteiger partial charge in [0.05, 0.1) is 0 Å². The van der Waals surface area contributed by atoms with Crippen molar-refractivity contribution in [2.24, 2.45) is 0 Å². The van der Waals surface area contributed by atoms with Crippen LogP contribution in [-0.4, -0.2) is 52.2 Å². The monoisotopic (exact) mass is 327 g/mol. The Bertz CT molecular complexity index is 812. The zero-order valence-corrected chi connectivity index (χ0v) is 13.7. The number of nitrogens with zero attached hydrogens (tertiary/aromatic N) is 3. The smallest absolute Gasteiger partial charge is 0.259 e. The highest BCUT2D eigenvalue weighted by Crippen LogP contribution is 2.39. The molecular weight excluding hydrogens is 306 g/mol.